The number of urea groups is 1. The first-order valence-corrected chi connectivity index (χ1v) is 7.19. The fourth-order valence-corrected chi connectivity index (χ4v) is 2.70. The Morgan fingerprint density at radius 3 is 2.95 bits per heavy atom. The van der Waals surface area contributed by atoms with Gasteiger partial charge in [0.05, 0.1) is 6.04 Å². The van der Waals surface area contributed by atoms with Crippen molar-refractivity contribution in [1.82, 2.24) is 15.5 Å². The van der Waals surface area contributed by atoms with Crippen LogP contribution in [0.2, 0.25) is 5.02 Å². The zero-order valence-corrected chi connectivity index (χ0v) is 12.6. The molecule has 6 nitrogen and oxygen atoms in total. The summed E-state index contributed by atoms with van der Waals surface area (Å²) in [7, 11) is 0. The largest absolute Gasteiger partial charge is 0.352 e. The molecule has 1 saturated heterocycles. The number of piperazine rings is 1. The summed E-state index contributed by atoms with van der Waals surface area (Å²) < 4.78 is 0. The summed E-state index contributed by atoms with van der Waals surface area (Å²) in [5.41, 5.74) is 6.04. The topological polar surface area (TPSA) is 87.5 Å². The Balaban J connectivity index is 2.19. The van der Waals surface area contributed by atoms with Crippen LogP contribution in [-0.4, -0.2) is 42.5 Å². The predicted octanol–water partition coefficient (Wildman–Crippen LogP) is 0.870. The van der Waals surface area contributed by atoms with Crippen molar-refractivity contribution in [3.8, 4) is 0 Å². The van der Waals surface area contributed by atoms with E-state index in [-0.39, 0.29) is 11.9 Å². The Morgan fingerprint density at radius 1 is 1.52 bits per heavy atom. The van der Waals surface area contributed by atoms with Gasteiger partial charge in [-0.25, -0.2) is 4.79 Å². The van der Waals surface area contributed by atoms with Crippen LogP contribution in [0.3, 0.4) is 0 Å². The highest BCUT2D eigenvalue weighted by Gasteiger charge is 2.31. The number of nitrogens with two attached hydrogens (primary N) is 1. The van der Waals surface area contributed by atoms with Crippen LogP contribution < -0.4 is 16.4 Å². The lowest BCUT2D eigenvalue weighted by Crippen LogP contribution is -2.55. The first-order chi connectivity index (χ1) is 9.99. The maximum Gasteiger partial charge on any atom is 0.312 e. The quantitative estimate of drug-likeness (QED) is 0.774. The lowest BCUT2D eigenvalue weighted by atomic mass is 10.0. The van der Waals surface area contributed by atoms with Crippen LogP contribution in [0.1, 0.15) is 18.5 Å². The molecule has 1 aliphatic rings. The van der Waals surface area contributed by atoms with Crippen molar-refractivity contribution in [2.45, 2.75) is 19.0 Å². The van der Waals surface area contributed by atoms with Gasteiger partial charge in [0, 0.05) is 24.7 Å². The second-order valence-electron chi connectivity index (χ2n) is 5.04. The minimum atomic E-state index is -0.703. The maximum atomic E-state index is 12.5. The number of nitrogens with zero attached hydrogens (tertiary/aromatic N) is 1. The van der Waals surface area contributed by atoms with E-state index in [0.717, 1.165) is 5.56 Å². The van der Waals surface area contributed by atoms with Crippen LogP contribution in [0.4, 0.5) is 4.79 Å². The minimum absolute atomic E-state index is 0.109. The Morgan fingerprint density at radius 2 is 2.29 bits per heavy atom. The molecule has 7 heteroatoms. The standard InChI is InChI=1S/C14H19ClN4O2/c1-9(18-14(16)21)13(20)19-6-5-17-8-12(19)10-3-2-4-11(15)7-10/h2-4,7,9,12,17H,5-6,8H2,1H3,(H3,16,18,21). The number of amides is 3. The highest BCUT2D eigenvalue weighted by atomic mass is 35.5. The number of nitrogens with one attached hydrogen (secondary N) is 2. The molecule has 0 radical (unpaired) electrons. The van der Waals surface area contributed by atoms with Crippen molar-refractivity contribution in [1.29, 1.82) is 0 Å². The second-order valence-corrected chi connectivity index (χ2v) is 5.47. The second kappa shape index (κ2) is 6.78. The molecule has 0 saturated carbocycles. The van der Waals surface area contributed by atoms with Crippen molar-refractivity contribution in [3.63, 3.8) is 0 Å². The smallest absolute Gasteiger partial charge is 0.312 e. The van der Waals surface area contributed by atoms with Crippen molar-refractivity contribution in [3.05, 3.63) is 34.9 Å². The third-order valence-corrected chi connectivity index (χ3v) is 3.72. The Labute approximate surface area is 128 Å². The molecule has 0 aromatic heterocycles. The molecule has 4 N–H and O–H groups in total. The average Bonchev–Trinajstić information content (AvgIpc) is 2.45. The first kappa shape index (κ1) is 15.6. The lowest BCUT2D eigenvalue weighted by molar-refractivity contribution is -0.136. The molecule has 2 atom stereocenters. The van der Waals surface area contributed by atoms with Gasteiger partial charge in [-0.1, -0.05) is 23.7 Å². The molecule has 1 aliphatic heterocycles. The predicted molar refractivity (Wildman–Crippen MR) is 81.0 cm³/mol. The van der Waals surface area contributed by atoms with Crippen LogP contribution in [0.5, 0.6) is 0 Å². The average molecular weight is 311 g/mol. The van der Waals surface area contributed by atoms with Gasteiger partial charge in [-0.2, -0.15) is 0 Å². The van der Waals surface area contributed by atoms with Gasteiger partial charge in [-0.05, 0) is 24.6 Å². The highest BCUT2D eigenvalue weighted by Crippen LogP contribution is 2.25. The number of halogens is 1. The zero-order chi connectivity index (χ0) is 15.4. The molecule has 0 aliphatic carbocycles. The van der Waals surface area contributed by atoms with Crippen molar-refractivity contribution in [2.75, 3.05) is 19.6 Å². The van der Waals surface area contributed by atoms with Crippen LogP contribution in [0.25, 0.3) is 0 Å². The van der Waals surface area contributed by atoms with E-state index in [2.05, 4.69) is 10.6 Å². The monoisotopic (exact) mass is 310 g/mol. The van der Waals surface area contributed by atoms with E-state index < -0.39 is 12.1 Å². The van der Waals surface area contributed by atoms with E-state index in [0.29, 0.717) is 24.7 Å². The molecule has 2 unspecified atom stereocenters. The van der Waals surface area contributed by atoms with Gasteiger partial charge in [0.15, 0.2) is 0 Å². The van der Waals surface area contributed by atoms with E-state index >= 15 is 0 Å². The van der Waals surface area contributed by atoms with Crippen molar-refractivity contribution < 1.29 is 9.59 Å². The number of carbonyl (C=O) groups is 2. The van der Waals surface area contributed by atoms with E-state index in [1.165, 1.54) is 0 Å². The van der Waals surface area contributed by atoms with Crippen LogP contribution >= 0.6 is 11.6 Å². The van der Waals surface area contributed by atoms with Crippen LogP contribution in [-0.2, 0) is 4.79 Å². The van der Waals surface area contributed by atoms with Gasteiger partial charge in [0.25, 0.3) is 0 Å². The fourth-order valence-electron chi connectivity index (χ4n) is 2.50. The summed E-state index contributed by atoms with van der Waals surface area (Å²) in [6.07, 6.45) is 0. The molecule has 0 spiro atoms. The summed E-state index contributed by atoms with van der Waals surface area (Å²) in [6, 6.07) is 5.99. The lowest BCUT2D eigenvalue weighted by Gasteiger charge is -2.38. The minimum Gasteiger partial charge on any atom is -0.352 e. The Kier molecular flexibility index (Phi) is 5.03. The number of primary amides is 1. The van der Waals surface area contributed by atoms with Crippen molar-refractivity contribution >= 4 is 23.5 Å². The number of hydrogen-bond donors (Lipinski definition) is 3. The summed E-state index contributed by atoms with van der Waals surface area (Å²) in [6.45, 7) is 3.56. The fraction of sp³-hybridized carbons (Fsp3) is 0.429. The molecule has 1 aromatic rings. The van der Waals surface area contributed by atoms with Crippen molar-refractivity contribution in [2.24, 2.45) is 5.73 Å². The Hall–Kier alpha value is -1.79. The third-order valence-electron chi connectivity index (χ3n) is 3.49. The van der Waals surface area contributed by atoms with E-state index in [1.807, 2.05) is 18.2 Å². The third kappa shape index (κ3) is 3.86. The molecule has 1 heterocycles. The SMILES string of the molecule is CC(NC(N)=O)C(=O)N1CCNCC1c1cccc(Cl)c1. The Bertz CT molecular complexity index is 537. The van der Waals surface area contributed by atoms with Gasteiger partial charge in [-0.15, -0.1) is 0 Å². The summed E-state index contributed by atoms with van der Waals surface area (Å²) in [4.78, 5) is 25.2. The number of rotatable bonds is 3. The summed E-state index contributed by atoms with van der Waals surface area (Å²) in [5.74, 6) is -0.153. The zero-order valence-electron chi connectivity index (χ0n) is 11.8. The molecule has 114 valence electrons. The number of hydrogen-bond acceptors (Lipinski definition) is 3. The molecule has 0 bridgehead atoms. The van der Waals surface area contributed by atoms with E-state index in [1.54, 1.807) is 17.9 Å². The highest BCUT2D eigenvalue weighted by molar-refractivity contribution is 6.30. The molecule has 3 amide bonds. The molecule has 1 fully saturated rings. The summed E-state index contributed by atoms with van der Waals surface area (Å²) >= 11 is 6.03. The van der Waals surface area contributed by atoms with E-state index in [9.17, 15) is 9.59 Å². The maximum absolute atomic E-state index is 12.5. The van der Waals surface area contributed by atoms with E-state index in [4.69, 9.17) is 17.3 Å². The van der Waals surface area contributed by atoms with Gasteiger partial charge in [0.2, 0.25) is 5.91 Å². The van der Waals surface area contributed by atoms with Gasteiger partial charge < -0.3 is 21.3 Å². The normalized spacial score (nSPS) is 19.9. The number of benzene rings is 1. The van der Waals surface area contributed by atoms with Gasteiger partial charge in [0.1, 0.15) is 6.04 Å². The van der Waals surface area contributed by atoms with Crippen LogP contribution in [0, 0.1) is 0 Å². The number of carbonyl (C=O) groups excluding carboxylic acids is 2. The summed E-state index contributed by atoms with van der Waals surface area (Å²) in [5, 5.41) is 6.33. The molecule has 21 heavy (non-hydrogen) atoms. The van der Waals surface area contributed by atoms with Gasteiger partial charge in [-0.3, -0.25) is 4.79 Å². The van der Waals surface area contributed by atoms with Gasteiger partial charge >= 0.3 is 6.03 Å². The molecule has 1 aromatic carbocycles. The van der Waals surface area contributed by atoms with Crippen LogP contribution in [0.15, 0.2) is 24.3 Å². The first-order valence-electron chi connectivity index (χ1n) is 6.81. The molecular formula is C14H19ClN4O2. The molecular weight excluding hydrogens is 292 g/mol. The molecule has 2 rings (SSSR count).